The van der Waals surface area contributed by atoms with E-state index in [-0.39, 0.29) is 17.8 Å². The summed E-state index contributed by atoms with van der Waals surface area (Å²) < 4.78 is 7.09. The van der Waals surface area contributed by atoms with Crippen LogP contribution in [0.15, 0.2) is 54.7 Å². The molecule has 4 aromatic rings. The molecule has 0 radical (unpaired) electrons. The lowest BCUT2D eigenvalue weighted by molar-refractivity contribution is -0.116. The van der Waals surface area contributed by atoms with E-state index in [9.17, 15) is 4.79 Å². The number of ether oxygens (including phenoxy) is 1. The molecule has 1 unspecified atom stereocenters. The highest BCUT2D eigenvalue weighted by Gasteiger charge is 2.34. The van der Waals surface area contributed by atoms with Gasteiger partial charge in [-0.3, -0.25) is 4.79 Å². The van der Waals surface area contributed by atoms with E-state index in [2.05, 4.69) is 25.6 Å². The van der Waals surface area contributed by atoms with Crippen LogP contribution in [0.25, 0.3) is 17.2 Å². The highest BCUT2D eigenvalue weighted by atomic mass is 35.5. The van der Waals surface area contributed by atoms with Crippen LogP contribution in [0.4, 0.5) is 5.82 Å². The molecule has 0 bridgehead atoms. The minimum Gasteiger partial charge on any atom is -0.496 e. The second-order valence-corrected chi connectivity index (χ2v) is 7.89. The number of para-hydroxylation sites is 1. The lowest BCUT2D eigenvalue weighted by atomic mass is 9.85. The van der Waals surface area contributed by atoms with Crippen LogP contribution in [0.1, 0.15) is 29.2 Å². The van der Waals surface area contributed by atoms with Gasteiger partial charge in [-0.05, 0) is 25.1 Å². The van der Waals surface area contributed by atoms with Crippen molar-refractivity contribution in [1.82, 2.24) is 25.0 Å². The molecule has 160 valence electrons. The van der Waals surface area contributed by atoms with Gasteiger partial charge in [0.15, 0.2) is 0 Å². The maximum Gasteiger partial charge on any atom is 0.272 e. The van der Waals surface area contributed by atoms with Gasteiger partial charge in [0.1, 0.15) is 11.6 Å². The van der Waals surface area contributed by atoms with Crippen molar-refractivity contribution in [3.05, 3.63) is 76.6 Å². The zero-order valence-corrected chi connectivity index (χ0v) is 18.2. The summed E-state index contributed by atoms with van der Waals surface area (Å²) in [5.74, 6) is 1.23. The molecule has 0 saturated carbocycles. The molecule has 1 aliphatic heterocycles. The predicted molar refractivity (Wildman–Crippen MR) is 120 cm³/mol. The summed E-state index contributed by atoms with van der Waals surface area (Å²) in [7, 11) is 1.63. The minimum absolute atomic E-state index is 0.114. The predicted octanol–water partition coefficient (Wildman–Crippen LogP) is 4.17. The lowest BCUT2D eigenvalue weighted by Gasteiger charge is -2.25. The first-order valence-electron chi connectivity index (χ1n) is 10.0. The Bertz CT molecular complexity index is 1320. The van der Waals surface area contributed by atoms with Gasteiger partial charge in [-0.15, -0.1) is 5.10 Å². The van der Waals surface area contributed by atoms with Gasteiger partial charge >= 0.3 is 0 Å². The average Bonchev–Trinajstić information content (AvgIpc) is 3.15. The molecule has 2 aromatic carbocycles. The van der Waals surface area contributed by atoms with E-state index >= 15 is 0 Å². The highest BCUT2D eigenvalue weighted by Crippen LogP contribution is 2.42. The van der Waals surface area contributed by atoms with E-state index in [1.807, 2.05) is 43.3 Å². The lowest BCUT2D eigenvalue weighted by Crippen LogP contribution is -2.25. The van der Waals surface area contributed by atoms with Gasteiger partial charge in [0.25, 0.3) is 5.95 Å². The van der Waals surface area contributed by atoms with Crippen LogP contribution in [0, 0.1) is 6.92 Å². The number of hydrogen-bond acceptors (Lipinski definition) is 6. The average molecular weight is 447 g/mol. The van der Waals surface area contributed by atoms with Gasteiger partial charge in [0.05, 0.1) is 24.7 Å². The molecule has 2 aromatic heterocycles. The van der Waals surface area contributed by atoms with E-state index in [4.69, 9.17) is 16.3 Å². The first-order valence-corrected chi connectivity index (χ1v) is 10.4. The smallest absolute Gasteiger partial charge is 0.272 e. The van der Waals surface area contributed by atoms with E-state index in [0.29, 0.717) is 23.0 Å². The first-order chi connectivity index (χ1) is 15.5. The number of carbonyl (C=O) groups is 1. The van der Waals surface area contributed by atoms with E-state index in [0.717, 1.165) is 28.1 Å². The van der Waals surface area contributed by atoms with Crippen LogP contribution in [0.5, 0.6) is 5.75 Å². The summed E-state index contributed by atoms with van der Waals surface area (Å²) in [5.41, 5.74) is 4.09. The van der Waals surface area contributed by atoms with Crippen molar-refractivity contribution in [3.8, 4) is 23.0 Å². The Kier molecular flexibility index (Phi) is 5.07. The number of methoxy groups -OCH3 is 1. The maximum atomic E-state index is 12.7. The SMILES string of the molecule is COc1ccccc1C1CC(=O)Nc2c1c(C)nn2-c1nncc(-c2ccc(Cl)cc2)n1. The first kappa shape index (κ1) is 20.1. The molecular weight excluding hydrogens is 428 g/mol. The summed E-state index contributed by atoms with van der Waals surface area (Å²) >= 11 is 6.00. The number of nitrogens with one attached hydrogen (secondary N) is 1. The number of anilines is 1. The summed E-state index contributed by atoms with van der Waals surface area (Å²) in [6.07, 6.45) is 1.87. The van der Waals surface area contributed by atoms with Crippen molar-refractivity contribution in [2.45, 2.75) is 19.3 Å². The van der Waals surface area contributed by atoms with Gasteiger partial charge in [0.2, 0.25) is 5.91 Å². The zero-order valence-electron chi connectivity index (χ0n) is 17.4. The number of carbonyl (C=O) groups excluding carboxylic acids is 1. The molecule has 0 spiro atoms. The van der Waals surface area contributed by atoms with E-state index in [1.54, 1.807) is 25.4 Å². The molecule has 1 amide bonds. The van der Waals surface area contributed by atoms with Crippen molar-refractivity contribution < 1.29 is 9.53 Å². The number of rotatable bonds is 4. The molecule has 0 fully saturated rings. The fourth-order valence-corrected chi connectivity index (χ4v) is 4.18. The molecule has 5 rings (SSSR count). The summed E-state index contributed by atoms with van der Waals surface area (Å²) in [6, 6.07) is 15.0. The fraction of sp³-hybridized carbons (Fsp3) is 0.174. The third kappa shape index (κ3) is 3.48. The molecule has 32 heavy (non-hydrogen) atoms. The van der Waals surface area contributed by atoms with Crippen molar-refractivity contribution in [2.75, 3.05) is 12.4 Å². The number of amides is 1. The molecule has 1 N–H and O–H groups in total. The molecule has 0 saturated heterocycles. The Hall–Kier alpha value is -3.78. The summed E-state index contributed by atoms with van der Waals surface area (Å²) in [5, 5.41) is 16.5. The number of aromatic nitrogens is 5. The van der Waals surface area contributed by atoms with E-state index in [1.165, 1.54) is 4.68 Å². The largest absolute Gasteiger partial charge is 0.496 e. The standard InChI is InChI=1S/C23H19ClN6O2/c1-13-21-17(16-5-3-4-6-19(16)32-2)11-20(31)27-22(21)30(29-13)23-26-18(12-25-28-23)14-7-9-15(24)10-8-14/h3-10,12,17H,11H2,1-2H3,(H,27,31). The summed E-state index contributed by atoms with van der Waals surface area (Å²) in [4.78, 5) is 17.3. The number of fused-ring (bicyclic) bond motifs is 1. The van der Waals surface area contributed by atoms with Crippen LogP contribution in [-0.2, 0) is 4.79 Å². The van der Waals surface area contributed by atoms with Gasteiger partial charge in [0, 0.05) is 34.1 Å². The van der Waals surface area contributed by atoms with Crippen molar-refractivity contribution >= 4 is 23.3 Å². The van der Waals surface area contributed by atoms with E-state index < -0.39 is 0 Å². The van der Waals surface area contributed by atoms with Crippen LogP contribution >= 0.6 is 11.6 Å². The second-order valence-electron chi connectivity index (χ2n) is 7.45. The highest BCUT2D eigenvalue weighted by molar-refractivity contribution is 6.30. The fourth-order valence-electron chi connectivity index (χ4n) is 4.06. The van der Waals surface area contributed by atoms with Gasteiger partial charge in [-0.1, -0.05) is 41.9 Å². The van der Waals surface area contributed by atoms with Gasteiger partial charge in [-0.2, -0.15) is 14.9 Å². The molecule has 1 aliphatic rings. The molecule has 0 aliphatic carbocycles. The van der Waals surface area contributed by atoms with Crippen LogP contribution in [0.3, 0.4) is 0 Å². The molecule has 1 atom stereocenters. The molecule has 3 heterocycles. The van der Waals surface area contributed by atoms with Crippen LogP contribution in [0.2, 0.25) is 5.02 Å². The monoisotopic (exact) mass is 446 g/mol. The van der Waals surface area contributed by atoms with Crippen molar-refractivity contribution in [1.29, 1.82) is 0 Å². The Balaban J connectivity index is 1.62. The zero-order chi connectivity index (χ0) is 22.2. The Labute approximate surface area is 189 Å². The topological polar surface area (TPSA) is 94.8 Å². The van der Waals surface area contributed by atoms with Gasteiger partial charge in [-0.25, -0.2) is 4.98 Å². The number of hydrogen-bond donors (Lipinski definition) is 1. The normalized spacial score (nSPS) is 15.2. The molecule has 8 nitrogen and oxygen atoms in total. The Morgan fingerprint density at radius 1 is 1.16 bits per heavy atom. The third-order valence-corrected chi connectivity index (χ3v) is 5.75. The Morgan fingerprint density at radius 2 is 1.94 bits per heavy atom. The maximum absolute atomic E-state index is 12.7. The molecular formula is C23H19ClN6O2. The number of benzene rings is 2. The Morgan fingerprint density at radius 3 is 2.72 bits per heavy atom. The van der Waals surface area contributed by atoms with Gasteiger partial charge < -0.3 is 10.1 Å². The molecule has 9 heteroatoms. The number of aryl methyl sites for hydroxylation is 1. The third-order valence-electron chi connectivity index (χ3n) is 5.49. The minimum atomic E-state index is -0.198. The summed E-state index contributed by atoms with van der Waals surface area (Å²) in [6.45, 7) is 1.91. The number of halogens is 1. The van der Waals surface area contributed by atoms with Crippen molar-refractivity contribution in [3.63, 3.8) is 0 Å². The second kappa shape index (κ2) is 8.05. The van der Waals surface area contributed by atoms with Crippen molar-refractivity contribution in [2.24, 2.45) is 0 Å². The quantitative estimate of drug-likeness (QED) is 0.505. The van der Waals surface area contributed by atoms with Crippen LogP contribution in [-0.4, -0.2) is 38.0 Å². The number of nitrogens with zero attached hydrogens (tertiary/aromatic N) is 5. The van der Waals surface area contributed by atoms with Crippen LogP contribution < -0.4 is 10.1 Å².